The summed E-state index contributed by atoms with van der Waals surface area (Å²) in [6.45, 7) is 5.92. The van der Waals surface area contributed by atoms with Crippen LogP contribution in [0.4, 0.5) is 5.69 Å². The molecule has 10 nitrogen and oxygen atoms in total. The van der Waals surface area contributed by atoms with Crippen LogP contribution in [-0.4, -0.2) is 66.4 Å². The molecule has 0 spiro atoms. The number of rotatable bonds is 16. The smallest absolute Gasteiger partial charge is 0.253 e. The van der Waals surface area contributed by atoms with E-state index in [1.165, 1.54) is 22.6 Å². The zero-order chi connectivity index (χ0) is 32.3. The first-order chi connectivity index (χ1) is 20.9. The van der Waals surface area contributed by atoms with E-state index in [0.717, 1.165) is 15.7 Å². The van der Waals surface area contributed by atoms with E-state index in [0.29, 0.717) is 37.1 Å². The number of sulfonamides is 1. The number of benzene rings is 2. The lowest BCUT2D eigenvalue weighted by atomic mass is 10.0. The second-order valence-corrected chi connectivity index (χ2v) is 13.9. The average Bonchev–Trinajstić information content (AvgIpc) is 2.99. The molecule has 0 saturated heterocycles. The number of carbonyl (C=O) groups excluding carboxylic acids is 2. The van der Waals surface area contributed by atoms with E-state index in [4.69, 9.17) is 5.73 Å². The lowest BCUT2D eigenvalue weighted by Gasteiger charge is -2.31. The fourth-order valence-corrected chi connectivity index (χ4v) is 6.94. The molecule has 44 heavy (non-hydrogen) atoms. The minimum Gasteiger partial charge on any atom is -0.399 e. The Labute approximate surface area is 268 Å². The number of aliphatic hydroxyl groups excluding tert-OH is 1. The first-order valence-electron chi connectivity index (χ1n) is 14.6. The molecule has 2 atom stereocenters. The molecule has 1 aromatic heterocycles. The average molecular weight is 689 g/mol. The molecule has 0 aliphatic rings. The molecule has 0 bridgehead atoms. The molecule has 238 valence electrons. The molecule has 0 unspecified atom stereocenters. The Morgan fingerprint density at radius 2 is 1.75 bits per heavy atom. The number of nitrogens with two attached hydrogens (primary N) is 1. The Kier molecular flexibility index (Phi) is 13.3. The van der Waals surface area contributed by atoms with Crippen molar-refractivity contribution in [1.82, 2.24) is 19.9 Å². The van der Waals surface area contributed by atoms with E-state index in [9.17, 15) is 23.1 Å². The van der Waals surface area contributed by atoms with E-state index in [1.54, 1.807) is 24.3 Å². The molecule has 0 aliphatic carbocycles. The summed E-state index contributed by atoms with van der Waals surface area (Å²) in [4.78, 5) is 30.5. The SMILES string of the molecule is Cc1ccc(C(=O)N[C@@H](Cc2ccccc2Br)C(=O)NCCCC[C@@H](CO)N(CC(C)C)S(=O)(=O)c2ccc(N)cc2)cn1. The quantitative estimate of drug-likeness (QED) is 0.131. The van der Waals surface area contributed by atoms with Gasteiger partial charge in [-0.05, 0) is 73.7 Å². The molecule has 0 radical (unpaired) electrons. The van der Waals surface area contributed by atoms with Crippen molar-refractivity contribution < 1.29 is 23.1 Å². The summed E-state index contributed by atoms with van der Waals surface area (Å²) in [6.07, 6.45) is 3.28. The Hall–Kier alpha value is -3.32. The van der Waals surface area contributed by atoms with Crippen LogP contribution in [0.1, 0.15) is 54.7 Å². The van der Waals surface area contributed by atoms with Gasteiger partial charge in [-0.2, -0.15) is 4.31 Å². The summed E-state index contributed by atoms with van der Waals surface area (Å²) >= 11 is 3.52. The predicted molar refractivity (Wildman–Crippen MR) is 175 cm³/mol. The maximum absolute atomic E-state index is 13.5. The van der Waals surface area contributed by atoms with Gasteiger partial charge in [-0.3, -0.25) is 14.6 Å². The zero-order valence-corrected chi connectivity index (χ0v) is 27.8. The Morgan fingerprint density at radius 3 is 2.36 bits per heavy atom. The second-order valence-electron chi connectivity index (χ2n) is 11.2. The van der Waals surface area contributed by atoms with Gasteiger partial charge in [0.25, 0.3) is 5.91 Å². The van der Waals surface area contributed by atoms with Crippen LogP contribution in [0.25, 0.3) is 0 Å². The van der Waals surface area contributed by atoms with E-state index in [2.05, 4.69) is 31.5 Å². The minimum absolute atomic E-state index is 0.0411. The van der Waals surface area contributed by atoms with Gasteiger partial charge in [-0.1, -0.05) is 54.4 Å². The lowest BCUT2D eigenvalue weighted by Crippen LogP contribution is -2.48. The van der Waals surface area contributed by atoms with Crippen LogP contribution in [0.3, 0.4) is 0 Å². The molecular weight excluding hydrogens is 646 g/mol. The predicted octanol–water partition coefficient (Wildman–Crippen LogP) is 4.07. The van der Waals surface area contributed by atoms with Gasteiger partial charge in [-0.15, -0.1) is 0 Å². The van der Waals surface area contributed by atoms with Crippen LogP contribution < -0.4 is 16.4 Å². The number of carbonyl (C=O) groups is 2. The van der Waals surface area contributed by atoms with Gasteiger partial charge in [0.05, 0.1) is 17.1 Å². The van der Waals surface area contributed by atoms with Gasteiger partial charge in [0.15, 0.2) is 0 Å². The molecule has 1 heterocycles. The van der Waals surface area contributed by atoms with Gasteiger partial charge >= 0.3 is 0 Å². The van der Waals surface area contributed by atoms with Gasteiger partial charge in [0, 0.05) is 47.6 Å². The summed E-state index contributed by atoms with van der Waals surface area (Å²) in [5.41, 5.74) is 8.21. The van der Waals surface area contributed by atoms with Crippen molar-refractivity contribution >= 4 is 43.5 Å². The molecule has 0 fully saturated rings. The number of halogens is 1. The molecular formula is C32H42BrN5O5S. The molecule has 0 saturated carbocycles. The Bertz CT molecular complexity index is 1480. The van der Waals surface area contributed by atoms with Crippen molar-refractivity contribution in [3.63, 3.8) is 0 Å². The number of anilines is 1. The van der Waals surface area contributed by atoms with E-state index < -0.39 is 28.0 Å². The van der Waals surface area contributed by atoms with Crippen LogP contribution in [0.5, 0.6) is 0 Å². The van der Waals surface area contributed by atoms with Crippen LogP contribution in [0.15, 0.2) is 76.2 Å². The zero-order valence-electron chi connectivity index (χ0n) is 25.4. The van der Waals surface area contributed by atoms with E-state index in [1.807, 2.05) is 45.0 Å². The number of pyridine rings is 1. The van der Waals surface area contributed by atoms with E-state index >= 15 is 0 Å². The number of hydrogen-bond donors (Lipinski definition) is 4. The summed E-state index contributed by atoms with van der Waals surface area (Å²) in [7, 11) is -3.86. The van der Waals surface area contributed by atoms with Gasteiger partial charge < -0.3 is 21.5 Å². The third kappa shape index (κ3) is 10.1. The van der Waals surface area contributed by atoms with Crippen molar-refractivity contribution in [2.45, 2.75) is 63.4 Å². The highest BCUT2D eigenvalue weighted by atomic mass is 79.9. The lowest BCUT2D eigenvalue weighted by molar-refractivity contribution is -0.122. The molecule has 3 aromatic rings. The highest BCUT2D eigenvalue weighted by molar-refractivity contribution is 9.10. The van der Waals surface area contributed by atoms with Crippen LogP contribution in [-0.2, 0) is 21.2 Å². The van der Waals surface area contributed by atoms with Crippen LogP contribution in [0.2, 0.25) is 0 Å². The van der Waals surface area contributed by atoms with Crippen molar-refractivity contribution in [3.8, 4) is 0 Å². The monoisotopic (exact) mass is 687 g/mol. The fourth-order valence-electron chi connectivity index (χ4n) is 4.68. The van der Waals surface area contributed by atoms with Gasteiger partial charge in [0.1, 0.15) is 6.04 Å². The van der Waals surface area contributed by atoms with Crippen molar-refractivity contribution in [2.75, 3.05) is 25.4 Å². The largest absolute Gasteiger partial charge is 0.399 e. The molecule has 2 amide bonds. The van der Waals surface area contributed by atoms with Crippen LogP contribution >= 0.6 is 15.9 Å². The number of hydrogen-bond acceptors (Lipinski definition) is 7. The summed E-state index contributed by atoms with van der Waals surface area (Å²) in [5, 5.41) is 15.9. The van der Waals surface area contributed by atoms with Crippen molar-refractivity contribution in [3.05, 3.63) is 88.2 Å². The highest BCUT2D eigenvalue weighted by Crippen LogP contribution is 2.23. The standard InChI is InChI=1S/C32H42BrN5O5S/c1-22(2)20-38(44(42,43)28-15-13-26(34)14-16-28)27(21-39)9-6-7-17-35-32(41)30(18-24-8-4-5-10-29(24)33)37-31(40)25-12-11-23(3)36-19-25/h4-5,8,10-16,19,22,27,30,39H,6-7,9,17-18,20-21,34H2,1-3H3,(H,35,41)(H,37,40)/t27-,30-/m0/s1. The number of aliphatic hydroxyl groups is 1. The van der Waals surface area contributed by atoms with Gasteiger partial charge in [0.2, 0.25) is 15.9 Å². The third-order valence-corrected chi connectivity index (χ3v) is 9.80. The number of nitrogens with zero attached hydrogens (tertiary/aromatic N) is 2. The molecule has 3 rings (SSSR count). The first kappa shape index (κ1) is 35.2. The number of unbranched alkanes of at least 4 members (excludes halogenated alkanes) is 1. The topological polar surface area (TPSA) is 155 Å². The van der Waals surface area contributed by atoms with Crippen molar-refractivity contribution in [2.24, 2.45) is 5.92 Å². The van der Waals surface area contributed by atoms with Crippen LogP contribution in [0, 0.1) is 12.8 Å². The summed E-state index contributed by atoms with van der Waals surface area (Å²) in [6, 6.07) is 15.5. The summed E-state index contributed by atoms with van der Waals surface area (Å²) in [5.74, 6) is -0.692. The summed E-state index contributed by atoms with van der Waals surface area (Å²) < 4.78 is 29.2. The normalized spacial score (nSPS) is 13.1. The number of amides is 2. The highest BCUT2D eigenvalue weighted by Gasteiger charge is 2.31. The molecule has 5 N–H and O–H groups in total. The fraction of sp³-hybridized carbons (Fsp3) is 0.406. The Balaban J connectivity index is 1.63. The number of aryl methyl sites for hydroxylation is 1. The molecule has 0 aliphatic heterocycles. The van der Waals surface area contributed by atoms with Crippen molar-refractivity contribution in [1.29, 1.82) is 0 Å². The number of aromatic nitrogens is 1. The molecule has 2 aromatic carbocycles. The second kappa shape index (κ2) is 16.7. The minimum atomic E-state index is -3.86. The number of nitrogens with one attached hydrogen (secondary N) is 2. The number of nitrogen functional groups attached to an aromatic ring is 1. The Morgan fingerprint density at radius 1 is 1.05 bits per heavy atom. The maximum atomic E-state index is 13.5. The first-order valence-corrected chi connectivity index (χ1v) is 16.9. The van der Waals surface area contributed by atoms with Gasteiger partial charge in [-0.25, -0.2) is 8.42 Å². The molecule has 12 heteroatoms. The maximum Gasteiger partial charge on any atom is 0.253 e. The van der Waals surface area contributed by atoms with E-state index in [-0.39, 0.29) is 36.3 Å². The third-order valence-electron chi connectivity index (χ3n) is 7.09.